The van der Waals surface area contributed by atoms with E-state index in [1.54, 1.807) is 12.3 Å². The van der Waals surface area contributed by atoms with Gasteiger partial charge in [-0.1, -0.05) is 18.5 Å². The van der Waals surface area contributed by atoms with E-state index < -0.39 is 5.82 Å². The predicted octanol–water partition coefficient (Wildman–Crippen LogP) is 6.80. The molecule has 3 heterocycles. The van der Waals surface area contributed by atoms with E-state index in [0.29, 0.717) is 18.0 Å². The quantitative estimate of drug-likeness (QED) is 0.366. The van der Waals surface area contributed by atoms with Gasteiger partial charge in [0.1, 0.15) is 5.15 Å². The molecule has 4 rings (SSSR count). The molecule has 0 atom stereocenters. The van der Waals surface area contributed by atoms with Gasteiger partial charge in [0.25, 0.3) is 0 Å². The van der Waals surface area contributed by atoms with E-state index >= 15 is 0 Å². The molecule has 1 N–H and O–H groups in total. The highest BCUT2D eigenvalue weighted by Crippen LogP contribution is 2.34. The van der Waals surface area contributed by atoms with Crippen LogP contribution in [0.1, 0.15) is 32.6 Å². The second kappa shape index (κ2) is 11.0. The van der Waals surface area contributed by atoms with E-state index in [0.717, 1.165) is 48.1 Å². The van der Waals surface area contributed by atoms with Crippen LogP contribution in [0, 0.1) is 11.7 Å². The number of H-pyrrole nitrogens is 1. The van der Waals surface area contributed by atoms with Crippen molar-refractivity contribution in [1.29, 1.82) is 0 Å². The Kier molecular flexibility index (Phi) is 8.70. The van der Waals surface area contributed by atoms with Gasteiger partial charge in [0.15, 0.2) is 11.6 Å². The maximum atomic E-state index is 14.2. The number of nitrogens with zero attached hydrogens (tertiary/aromatic N) is 2. The fraction of sp³-hybridized carbons (Fsp3) is 0.400. The zero-order valence-corrected chi connectivity index (χ0v) is 16.8. The second-order valence-corrected chi connectivity index (χ2v) is 7.08. The van der Waals surface area contributed by atoms with Crippen LogP contribution in [0.25, 0.3) is 22.2 Å². The summed E-state index contributed by atoms with van der Waals surface area (Å²) in [5.74, 6) is 0.531. The smallest absolute Gasteiger partial charge is 0.183 e. The summed E-state index contributed by atoms with van der Waals surface area (Å²) >= 11 is 6.23. The van der Waals surface area contributed by atoms with Gasteiger partial charge in [0.2, 0.25) is 0 Å². The standard InChI is InChI=1S/C19H19ClFN3O.CH3F.F2/c1-11-2-4-12(5-3-11)25-17-8-16(24-10-14(17)21)13-9-23-15-6-7-22-19(20)18(13)15;2*1-2/h6-12,23H,2-5H2,1H3;1H3;. The number of hydrogen-bond donors (Lipinski definition) is 1. The van der Waals surface area contributed by atoms with Gasteiger partial charge >= 0.3 is 0 Å². The molecule has 0 aliphatic heterocycles. The van der Waals surface area contributed by atoms with Crippen LogP contribution >= 0.6 is 11.6 Å². The third kappa shape index (κ3) is 5.38. The molecule has 0 bridgehead atoms. The molecule has 1 saturated carbocycles. The van der Waals surface area contributed by atoms with Crippen LogP contribution in [0.4, 0.5) is 17.9 Å². The maximum Gasteiger partial charge on any atom is 0.183 e. The SMILES string of the molecule is CC1CCC(Oc2cc(-c3c[nH]c4ccnc(Cl)c34)ncc2F)CC1.CF.FF. The van der Waals surface area contributed by atoms with Crippen LogP contribution in [0.5, 0.6) is 5.75 Å². The van der Waals surface area contributed by atoms with Crippen molar-refractivity contribution in [3.05, 3.63) is 41.7 Å². The number of aromatic nitrogens is 3. The Balaban J connectivity index is 0.000000707. The molecule has 3 aromatic heterocycles. The van der Waals surface area contributed by atoms with E-state index in [-0.39, 0.29) is 11.9 Å². The van der Waals surface area contributed by atoms with Crippen LogP contribution in [-0.4, -0.2) is 28.2 Å². The molecule has 158 valence electrons. The van der Waals surface area contributed by atoms with E-state index in [4.69, 9.17) is 25.5 Å². The fourth-order valence-corrected chi connectivity index (χ4v) is 3.68. The van der Waals surface area contributed by atoms with Crippen LogP contribution in [0.2, 0.25) is 5.15 Å². The van der Waals surface area contributed by atoms with Crippen molar-refractivity contribution >= 4 is 22.5 Å². The first-order valence-electron chi connectivity index (χ1n) is 9.08. The highest BCUT2D eigenvalue weighted by Gasteiger charge is 2.21. The summed E-state index contributed by atoms with van der Waals surface area (Å²) in [4.78, 5) is 11.5. The molecule has 0 radical (unpaired) electrons. The van der Waals surface area contributed by atoms with Gasteiger partial charge < -0.3 is 9.72 Å². The highest BCUT2D eigenvalue weighted by atomic mass is 35.5. The molecule has 1 fully saturated rings. The van der Waals surface area contributed by atoms with Gasteiger partial charge in [0, 0.05) is 38.6 Å². The van der Waals surface area contributed by atoms with Gasteiger partial charge in [-0.15, -0.1) is 0 Å². The summed E-state index contributed by atoms with van der Waals surface area (Å²) in [5.41, 5.74) is 2.27. The van der Waals surface area contributed by atoms with Crippen molar-refractivity contribution in [2.45, 2.75) is 38.7 Å². The first-order chi connectivity index (χ1) is 14.1. The van der Waals surface area contributed by atoms with Crippen LogP contribution < -0.4 is 4.74 Å². The largest absolute Gasteiger partial charge is 0.487 e. The van der Waals surface area contributed by atoms with E-state index in [9.17, 15) is 8.78 Å². The molecule has 3 aromatic rings. The van der Waals surface area contributed by atoms with Gasteiger partial charge in [-0.05, 0) is 37.7 Å². The zero-order valence-electron chi connectivity index (χ0n) is 16.1. The van der Waals surface area contributed by atoms with Gasteiger partial charge in [-0.25, -0.2) is 9.37 Å². The van der Waals surface area contributed by atoms with Crippen molar-refractivity contribution in [3.63, 3.8) is 0 Å². The molecule has 1 aliphatic rings. The average Bonchev–Trinajstić information content (AvgIpc) is 3.20. The molecule has 0 unspecified atom stereocenters. The van der Waals surface area contributed by atoms with Crippen LogP contribution in [0.3, 0.4) is 0 Å². The molecular formula is C20H22ClF4N3O. The normalized spacial score (nSPS) is 18.3. The Bertz CT molecular complexity index is 914. The number of aromatic amines is 1. The molecule has 0 spiro atoms. The maximum absolute atomic E-state index is 14.2. The highest BCUT2D eigenvalue weighted by molar-refractivity contribution is 6.35. The number of ether oxygens (including phenoxy) is 1. The number of fused-ring (bicyclic) bond motifs is 1. The number of hydrogen-bond acceptors (Lipinski definition) is 3. The Hall–Kier alpha value is -2.35. The summed E-state index contributed by atoms with van der Waals surface area (Å²) in [5, 5.41) is 1.17. The molecule has 0 saturated heterocycles. The lowest BCUT2D eigenvalue weighted by Crippen LogP contribution is -2.23. The Morgan fingerprint density at radius 1 is 1.14 bits per heavy atom. The number of pyridine rings is 2. The number of nitrogens with one attached hydrogen (secondary N) is 1. The summed E-state index contributed by atoms with van der Waals surface area (Å²) < 4.78 is 45.6. The van der Waals surface area contributed by atoms with E-state index in [1.165, 1.54) is 6.20 Å². The predicted molar refractivity (Wildman–Crippen MR) is 106 cm³/mol. The topological polar surface area (TPSA) is 50.8 Å². The molecular weight excluding hydrogens is 410 g/mol. The van der Waals surface area contributed by atoms with E-state index in [2.05, 4.69) is 21.9 Å². The van der Waals surface area contributed by atoms with Crippen LogP contribution in [-0.2, 0) is 0 Å². The lowest BCUT2D eigenvalue weighted by molar-refractivity contribution is 0.108. The summed E-state index contributed by atoms with van der Waals surface area (Å²) in [6.45, 7) is 2.25. The molecule has 9 heteroatoms. The first-order valence-corrected chi connectivity index (χ1v) is 9.46. The first kappa shape index (κ1) is 22.9. The molecule has 1 aliphatic carbocycles. The van der Waals surface area contributed by atoms with E-state index in [1.807, 2.05) is 12.3 Å². The number of rotatable bonds is 3. The minimum atomic E-state index is -0.438. The van der Waals surface area contributed by atoms with Crippen molar-refractivity contribution in [1.82, 2.24) is 15.0 Å². The number of alkyl halides is 1. The third-order valence-electron chi connectivity index (χ3n) is 4.90. The van der Waals surface area contributed by atoms with Crippen molar-refractivity contribution < 1.29 is 22.7 Å². The van der Waals surface area contributed by atoms with Crippen LogP contribution in [0.15, 0.2) is 30.7 Å². The average molecular weight is 432 g/mol. The lowest BCUT2D eigenvalue weighted by Gasteiger charge is -2.27. The summed E-state index contributed by atoms with van der Waals surface area (Å²) in [6, 6.07) is 3.49. The molecule has 29 heavy (non-hydrogen) atoms. The minimum Gasteiger partial charge on any atom is -0.487 e. The summed E-state index contributed by atoms with van der Waals surface area (Å²) in [6.07, 6.45) is 8.88. The van der Waals surface area contributed by atoms with Gasteiger partial charge in [-0.2, -0.15) is 0 Å². The van der Waals surface area contributed by atoms with Gasteiger partial charge in [0.05, 0.1) is 30.7 Å². The Morgan fingerprint density at radius 2 is 1.83 bits per heavy atom. The van der Waals surface area contributed by atoms with Gasteiger partial charge in [-0.3, -0.25) is 9.37 Å². The van der Waals surface area contributed by atoms with Crippen molar-refractivity contribution in [2.75, 3.05) is 7.18 Å². The van der Waals surface area contributed by atoms with Crippen molar-refractivity contribution in [3.8, 4) is 17.0 Å². The molecule has 4 nitrogen and oxygen atoms in total. The molecule has 0 aromatic carbocycles. The Labute approximate surface area is 171 Å². The third-order valence-corrected chi connectivity index (χ3v) is 5.19. The second-order valence-electron chi connectivity index (χ2n) is 6.73. The molecule has 0 amide bonds. The zero-order chi connectivity index (χ0) is 21.4. The Morgan fingerprint density at radius 3 is 2.52 bits per heavy atom. The minimum absolute atomic E-state index is 0.0640. The summed E-state index contributed by atoms with van der Waals surface area (Å²) in [7, 11) is 0.500. The fourth-order valence-electron chi connectivity index (χ4n) is 3.42. The van der Waals surface area contributed by atoms with Crippen molar-refractivity contribution in [2.24, 2.45) is 5.92 Å². The number of halogens is 5. The monoisotopic (exact) mass is 431 g/mol. The lowest BCUT2D eigenvalue weighted by atomic mass is 9.89.